The standard InChI is InChI=1S/C23H30N4/c1-26-15-17-27(18-16-26)14-8-2-7-13-24-23-19-9-3-5-11-21(19)25-22-12-6-4-10-20(22)23/h3-6,9-12H,2,7-8,13-18H2,1H3,(H,24,25). The number of para-hydroxylation sites is 2. The molecule has 2 aromatic carbocycles. The summed E-state index contributed by atoms with van der Waals surface area (Å²) in [5, 5.41) is 6.15. The molecule has 4 rings (SSSR count). The number of piperazine rings is 1. The van der Waals surface area contributed by atoms with Crippen molar-refractivity contribution in [3.63, 3.8) is 0 Å². The van der Waals surface area contributed by atoms with E-state index in [0.29, 0.717) is 0 Å². The molecule has 1 aliphatic heterocycles. The lowest BCUT2D eigenvalue weighted by molar-refractivity contribution is 0.152. The number of fused-ring (bicyclic) bond motifs is 2. The molecule has 2 heterocycles. The van der Waals surface area contributed by atoms with Crippen molar-refractivity contribution in [2.24, 2.45) is 0 Å². The third-order valence-corrected chi connectivity index (χ3v) is 5.64. The third-order valence-electron chi connectivity index (χ3n) is 5.64. The minimum absolute atomic E-state index is 1.01. The Morgan fingerprint density at radius 3 is 2.11 bits per heavy atom. The second-order valence-corrected chi connectivity index (χ2v) is 7.65. The van der Waals surface area contributed by atoms with Gasteiger partial charge in [0.15, 0.2) is 0 Å². The number of likely N-dealkylation sites (N-methyl/N-ethyl adjacent to an activating group) is 1. The van der Waals surface area contributed by atoms with Crippen LogP contribution in [0.1, 0.15) is 19.3 Å². The lowest BCUT2D eigenvalue weighted by Gasteiger charge is -2.32. The Kier molecular flexibility index (Phi) is 5.85. The van der Waals surface area contributed by atoms with Gasteiger partial charge < -0.3 is 15.1 Å². The van der Waals surface area contributed by atoms with E-state index in [-0.39, 0.29) is 0 Å². The molecule has 1 N–H and O–H groups in total. The van der Waals surface area contributed by atoms with Gasteiger partial charge in [-0.3, -0.25) is 0 Å². The van der Waals surface area contributed by atoms with Gasteiger partial charge in [-0.1, -0.05) is 42.8 Å². The van der Waals surface area contributed by atoms with Crippen LogP contribution in [0.15, 0.2) is 48.5 Å². The average molecular weight is 363 g/mol. The van der Waals surface area contributed by atoms with Crippen molar-refractivity contribution in [2.75, 3.05) is 51.6 Å². The summed E-state index contributed by atoms with van der Waals surface area (Å²) in [5.41, 5.74) is 3.36. The van der Waals surface area contributed by atoms with Gasteiger partial charge in [0, 0.05) is 43.5 Å². The molecule has 1 aromatic heterocycles. The number of hydrogen-bond acceptors (Lipinski definition) is 4. The molecular formula is C23H30N4. The minimum Gasteiger partial charge on any atom is -0.384 e. The number of benzene rings is 2. The van der Waals surface area contributed by atoms with Gasteiger partial charge in [0.05, 0.1) is 16.7 Å². The average Bonchev–Trinajstić information content (AvgIpc) is 2.71. The van der Waals surface area contributed by atoms with E-state index >= 15 is 0 Å². The number of rotatable bonds is 7. The highest BCUT2D eigenvalue weighted by atomic mass is 15.2. The zero-order valence-electron chi connectivity index (χ0n) is 16.3. The van der Waals surface area contributed by atoms with Gasteiger partial charge in [-0.25, -0.2) is 4.98 Å². The fourth-order valence-corrected chi connectivity index (χ4v) is 3.95. The normalized spacial score (nSPS) is 16.2. The summed E-state index contributed by atoms with van der Waals surface area (Å²) >= 11 is 0. The summed E-state index contributed by atoms with van der Waals surface area (Å²) in [6.45, 7) is 7.14. The second kappa shape index (κ2) is 8.68. The van der Waals surface area contributed by atoms with Gasteiger partial charge in [-0.2, -0.15) is 0 Å². The number of nitrogens with one attached hydrogen (secondary N) is 1. The summed E-state index contributed by atoms with van der Waals surface area (Å²) in [6.07, 6.45) is 3.78. The molecule has 1 fully saturated rings. The number of pyridine rings is 1. The van der Waals surface area contributed by atoms with Crippen LogP contribution in [-0.4, -0.2) is 61.1 Å². The van der Waals surface area contributed by atoms with E-state index < -0.39 is 0 Å². The van der Waals surface area contributed by atoms with Crippen molar-refractivity contribution in [1.82, 2.24) is 14.8 Å². The molecule has 0 aliphatic carbocycles. The summed E-state index contributed by atoms with van der Waals surface area (Å²) in [4.78, 5) is 9.83. The Morgan fingerprint density at radius 2 is 1.44 bits per heavy atom. The summed E-state index contributed by atoms with van der Waals surface area (Å²) in [6, 6.07) is 16.9. The molecule has 4 nitrogen and oxygen atoms in total. The molecule has 0 amide bonds. The SMILES string of the molecule is CN1CCN(CCCCCNc2c3ccccc3nc3ccccc23)CC1. The van der Waals surface area contributed by atoms with E-state index in [2.05, 4.69) is 70.7 Å². The van der Waals surface area contributed by atoms with Crippen LogP contribution >= 0.6 is 0 Å². The van der Waals surface area contributed by atoms with Crippen molar-refractivity contribution in [2.45, 2.75) is 19.3 Å². The van der Waals surface area contributed by atoms with Gasteiger partial charge >= 0.3 is 0 Å². The van der Waals surface area contributed by atoms with Crippen molar-refractivity contribution in [3.05, 3.63) is 48.5 Å². The fraction of sp³-hybridized carbons (Fsp3) is 0.435. The summed E-state index contributed by atoms with van der Waals surface area (Å²) < 4.78 is 0. The predicted molar refractivity (Wildman–Crippen MR) is 116 cm³/mol. The molecule has 142 valence electrons. The summed E-state index contributed by atoms with van der Waals surface area (Å²) in [5.74, 6) is 0. The van der Waals surface area contributed by atoms with Gasteiger partial charge in [0.25, 0.3) is 0 Å². The van der Waals surface area contributed by atoms with Gasteiger partial charge in [0.1, 0.15) is 0 Å². The molecular weight excluding hydrogens is 332 g/mol. The molecule has 0 bridgehead atoms. The van der Waals surface area contributed by atoms with Crippen LogP contribution in [0.4, 0.5) is 5.69 Å². The highest BCUT2D eigenvalue weighted by Crippen LogP contribution is 2.30. The monoisotopic (exact) mass is 362 g/mol. The molecule has 0 radical (unpaired) electrons. The number of aromatic nitrogens is 1. The lowest BCUT2D eigenvalue weighted by atomic mass is 10.1. The first kappa shape index (κ1) is 18.2. The molecule has 1 saturated heterocycles. The lowest BCUT2D eigenvalue weighted by Crippen LogP contribution is -2.44. The van der Waals surface area contributed by atoms with Gasteiger partial charge in [0.2, 0.25) is 0 Å². The molecule has 27 heavy (non-hydrogen) atoms. The largest absolute Gasteiger partial charge is 0.384 e. The molecule has 0 saturated carbocycles. The van der Waals surface area contributed by atoms with Crippen LogP contribution in [0.3, 0.4) is 0 Å². The topological polar surface area (TPSA) is 31.4 Å². The highest BCUT2D eigenvalue weighted by Gasteiger charge is 2.12. The van der Waals surface area contributed by atoms with Crippen LogP contribution in [0.2, 0.25) is 0 Å². The molecule has 0 atom stereocenters. The molecule has 3 aromatic rings. The quantitative estimate of drug-likeness (QED) is 0.504. The van der Waals surface area contributed by atoms with Crippen LogP contribution < -0.4 is 5.32 Å². The maximum absolute atomic E-state index is 4.80. The van der Waals surface area contributed by atoms with Crippen molar-refractivity contribution < 1.29 is 0 Å². The van der Waals surface area contributed by atoms with Crippen molar-refractivity contribution >= 4 is 27.5 Å². The second-order valence-electron chi connectivity index (χ2n) is 7.65. The smallest absolute Gasteiger partial charge is 0.0730 e. The number of anilines is 1. The Morgan fingerprint density at radius 1 is 0.815 bits per heavy atom. The van der Waals surface area contributed by atoms with Crippen LogP contribution in [0.5, 0.6) is 0 Å². The summed E-state index contributed by atoms with van der Waals surface area (Å²) in [7, 11) is 2.22. The van der Waals surface area contributed by atoms with Crippen LogP contribution in [0.25, 0.3) is 21.8 Å². The van der Waals surface area contributed by atoms with Crippen molar-refractivity contribution in [3.8, 4) is 0 Å². The molecule has 1 aliphatic rings. The Balaban J connectivity index is 1.33. The van der Waals surface area contributed by atoms with Crippen LogP contribution in [-0.2, 0) is 0 Å². The predicted octanol–water partition coefficient (Wildman–Crippen LogP) is 4.22. The van der Waals surface area contributed by atoms with Crippen molar-refractivity contribution in [1.29, 1.82) is 0 Å². The zero-order valence-corrected chi connectivity index (χ0v) is 16.3. The first-order valence-corrected chi connectivity index (χ1v) is 10.2. The Hall–Kier alpha value is -2.17. The first-order chi connectivity index (χ1) is 13.3. The first-order valence-electron chi connectivity index (χ1n) is 10.2. The number of hydrogen-bond donors (Lipinski definition) is 1. The Bertz CT molecular complexity index is 830. The van der Waals surface area contributed by atoms with Gasteiger partial charge in [-0.15, -0.1) is 0 Å². The Labute approximate surface area is 162 Å². The van der Waals surface area contributed by atoms with E-state index in [1.165, 1.54) is 68.4 Å². The third kappa shape index (κ3) is 4.40. The molecule has 4 heteroatoms. The van der Waals surface area contributed by atoms with E-state index in [1.54, 1.807) is 0 Å². The van der Waals surface area contributed by atoms with E-state index in [9.17, 15) is 0 Å². The van der Waals surface area contributed by atoms with E-state index in [1.807, 2.05) is 0 Å². The van der Waals surface area contributed by atoms with E-state index in [4.69, 9.17) is 4.98 Å². The molecule has 0 spiro atoms. The maximum atomic E-state index is 4.80. The van der Waals surface area contributed by atoms with Gasteiger partial charge in [-0.05, 0) is 38.6 Å². The van der Waals surface area contributed by atoms with Crippen LogP contribution in [0, 0.1) is 0 Å². The minimum atomic E-state index is 1.01. The maximum Gasteiger partial charge on any atom is 0.0730 e. The highest BCUT2D eigenvalue weighted by molar-refractivity contribution is 6.07. The zero-order chi connectivity index (χ0) is 18.5. The number of nitrogens with zero attached hydrogens (tertiary/aromatic N) is 3. The fourth-order valence-electron chi connectivity index (χ4n) is 3.95. The molecule has 0 unspecified atom stereocenters. The number of unbranched alkanes of at least 4 members (excludes halogenated alkanes) is 2. The van der Waals surface area contributed by atoms with E-state index in [0.717, 1.165) is 17.6 Å².